The number of nitrogens with zero attached hydrogens (tertiary/aromatic N) is 2. The van der Waals surface area contributed by atoms with Gasteiger partial charge in [0.15, 0.2) is 5.78 Å². The van der Waals surface area contributed by atoms with Gasteiger partial charge in [-0.05, 0) is 18.2 Å². The third-order valence-corrected chi connectivity index (χ3v) is 3.74. The highest BCUT2D eigenvalue weighted by Crippen LogP contribution is 2.22. The number of hydrogen-bond donors (Lipinski definition) is 3. The highest BCUT2D eigenvalue weighted by molar-refractivity contribution is 6.11. The van der Waals surface area contributed by atoms with Crippen molar-refractivity contribution in [2.24, 2.45) is 0 Å². The molecule has 8 heteroatoms. The third-order valence-electron chi connectivity index (χ3n) is 3.74. The van der Waals surface area contributed by atoms with Crippen molar-refractivity contribution in [2.45, 2.75) is 0 Å². The standard InChI is InChI=1S/C18H13N3O5/c19-16-14(15(22)10-4-2-1-3-5-10)9-20-21(16)13-7-11(17(23)24)6-12(8-13)18(25)26/h1-9H,19H2,(H,23,24)(H,25,26). The molecule has 8 nitrogen and oxygen atoms in total. The Bertz CT molecular complexity index is 992. The molecule has 0 aliphatic carbocycles. The van der Waals surface area contributed by atoms with Crippen molar-refractivity contribution in [1.82, 2.24) is 9.78 Å². The van der Waals surface area contributed by atoms with Crippen molar-refractivity contribution in [2.75, 3.05) is 5.73 Å². The summed E-state index contributed by atoms with van der Waals surface area (Å²) in [6, 6.07) is 12.0. The van der Waals surface area contributed by atoms with Crippen LogP contribution >= 0.6 is 0 Å². The second-order valence-electron chi connectivity index (χ2n) is 5.43. The Morgan fingerprint density at radius 3 is 2.00 bits per heavy atom. The molecular formula is C18H13N3O5. The number of anilines is 1. The number of carbonyl (C=O) groups excluding carboxylic acids is 1. The average Bonchev–Trinajstić information content (AvgIpc) is 3.02. The fourth-order valence-electron chi connectivity index (χ4n) is 2.46. The lowest BCUT2D eigenvalue weighted by Gasteiger charge is -2.08. The number of ketones is 1. The lowest BCUT2D eigenvalue weighted by molar-refractivity contribution is 0.0696. The summed E-state index contributed by atoms with van der Waals surface area (Å²) < 4.78 is 1.13. The van der Waals surface area contributed by atoms with Crippen LogP contribution in [-0.4, -0.2) is 37.7 Å². The maximum absolute atomic E-state index is 12.5. The molecule has 1 aromatic heterocycles. The first-order valence-electron chi connectivity index (χ1n) is 7.44. The first kappa shape index (κ1) is 16.9. The SMILES string of the molecule is Nc1c(C(=O)c2ccccc2)cnn1-c1cc(C(=O)O)cc(C(=O)O)c1. The summed E-state index contributed by atoms with van der Waals surface area (Å²) in [5.74, 6) is -2.94. The third kappa shape index (κ3) is 3.03. The van der Waals surface area contributed by atoms with Crippen LogP contribution in [0.1, 0.15) is 36.6 Å². The first-order chi connectivity index (χ1) is 12.4. The summed E-state index contributed by atoms with van der Waals surface area (Å²) in [5, 5.41) is 22.4. The van der Waals surface area contributed by atoms with E-state index in [1.54, 1.807) is 30.3 Å². The van der Waals surface area contributed by atoms with Crippen LogP contribution in [0.15, 0.2) is 54.7 Å². The van der Waals surface area contributed by atoms with Gasteiger partial charge in [-0.3, -0.25) is 4.79 Å². The van der Waals surface area contributed by atoms with Crippen molar-refractivity contribution in [3.05, 3.63) is 77.0 Å². The summed E-state index contributed by atoms with van der Waals surface area (Å²) in [5.41, 5.74) is 6.23. The molecule has 0 amide bonds. The zero-order chi connectivity index (χ0) is 18.8. The zero-order valence-corrected chi connectivity index (χ0v) is 13.3. The molecule has 2 aromatic carbocycles. The number of benzene rings is 2. The molecule has 0 unspecified atom stereocenters. The molecule has 0 atom stereocenters. The van der Waals surface area contributed by atoms with Crippen LogP contribution in [0, 0.1) is 0 Å². The van der Waals surface area contributed by atoms with E-state index >= 15 is 0 Å². The van der Waals surface area contributed by atoms with Crippen molar-refractivity contribution in [3.63, 3.8) is 0 Å². The van der Waals surface area contributed by atoms with Gasteiger partial charge in [0.2, 0.25) is 0 Å². The zero-order valence-electron chi connectivity index (χ0n) is 13.3. The number of hydrogen-bond acceptors (Lipinski definition) is 5. The van der Waals surface area contributed by atoms with Crippen LogP contribution in [0.25, 0.3) is 5.69 Å². The number of carboxylic acid groups (broad SMARTS) is 2. The minimum Gasteiger partial charge on any atom is -0.478 e. The van der Waals surface area contributed by atoms with Gasteiger partial charge in [0, 0.05) is 5.56 Å². The van der Waals surface area contributed by atoms with Gasteiger partial charge in [0.1, 0.15) is 5.82 Å². The Labute approximate surface area is 147 Å². The van der Waals surface area contributed by atoms with Gasteiger partial charge < -0.3 is 15.9 Å². The number of carboxylic acids is 2. The van der Waals surface area contributed by atoms with Crippen molar-refractivity contribution in [1.29, 1.82) is 0 Å². The second-order valence-corrected chi connectivity index (χ2v) is 5.43. The molecule has 0 spiro atoms. The van der Waals surface area contributed by atoms with Crippen LogP contribution in [0.3, 0.4) is 0 Å². The van der Waals surface area contributed by atoms with Gasteiger partial charge in [-0.2, -0.15) is 5.10 Å². The number of carbonyl (C=O) groups is 3. The minimum absolute atomic E-state index is 0.0160. The van der Waals surface area contributed by atoms with E-state index < -0.39 is 11.9 Å². The van der Waals surface area contributed by atoms with E-state index in [-0.39, 0.29) is 34.0 Å². The first-order valence-corrected chi connectivity index (χ1v) is 7.44. The topological polar surface area (TPSA) is 136 Å². The largest absolute Gasteiger partial charge is 0.478 e. The molecule has 1 heterocycles. The lowest BCUT2D eigenvalue weighted by Crippen LogP contribution is -2.10. The monoisotopic (exact) mass is 351 g/mol. The molecule has 3 rings (SSSR count). The highest BCUT2D eigenvalue weighted by Gasteiger charge is 2.19. The fourth-order valence-corrected chi connectivity index (χ4v) is 2.46. The molecule has 0 saturated carbocycles. The lowest BCUT2D eigenvalue weighted by atomic mass is 10.1. The van der Waals surface area contributed by atoms with Crippen LogP contribution in [0.4, 0.5) is 5.82 Å². The predicted molar refractivity (Wildman–Crippen MR) is 91.8 cm³/mol. The Morgan fingerprint density at radius 2 is 1.46 bits per heavy atom. The Morgan fingerprint density at radius 1 is 0.885 bits per heavy atom. The summed E-state index contributed by atoms with van der Waals surface area (Å²) in [7, 11) is 0. The average molecular weight is 351 g/mol. The molecule has 130 valence electrons. The van der Waals surface area contributed by atoms with E-state index in [1.165, 1.54) is 18.3 Å². The van der Waals surface area contributed by atoms with Crippen molar-refractivity contribution in [3.8, 4) is 5.69 Å². The quantitative estimate of drug-likeness (QED) is 0.599. The number of nitrogens with two attached hydrogens (primary N) is 1. The van der Waals surface area contributed by atoms with Crippen LogP contribution in [0.5, 0.6) is 0 Å². The van der Waals surface area contributed by atoms with E-state index in [0.29, 0.717) is 5.56 Å². The normalized spacial score (nSPS) is 10.5. The van der Waals surface area contributed by atoms with E-state index in [0.717, 1.165) is 10.7 Å². The van der Waals surface area contributed by atoms with Crippen LogP contribution in [0.2, 0.25) is 0 Å². The molecule has 0 aliphatic heterocycles. The molecule has 0 bridgehead atoms. The maximum atomic E-state index is 12.5. The van der Waals surface area contributed by atoms with Gasteiger partial charge in [0.05, 0.1) is 28.6 Å². The van der Waals surface area contributed by atoms with Gasteiger partial charge in [-0.25, -0.2) is 14.3 Å². The number of nitrogen functional groups attached to an aromatic ring is 1. The second kappa shape index (κ2) is 6.52. The molecule has 4 N–H and O–H groups in total. The molecule has 3 aromatic rings. The van der Waals surface area contributed by atoms with Crippen LogP contribution < -0.4 is 5.73 Å². The van der Waals surface area contributed by atoms with Crippen LogP contribution in [-0.2, 0) is 0 Å². The van der Waals surface area contributed by atoms with E-state index in [4.69, 9.17) is 15.9 Å². The fraction of sp³-hybridized carbons (Fsp3) is 0. The molecule has 0 aliphatic rings. The molecular weight excluding hydrogens is 338 g/mol. The Hall–Kier alpha value is -3.94. The van der Waals surface area contributed by atoms with E-state index in [2.05, 4.69) is 5.10 Å². The van der Waals surface area contributed by atoms with E-state index in [9.17, 15) is 14.4 Å². The number of aromatic carboxylic acids is 2. The highest BCUT2D eigenvalue weighted by atomic mass is 16.4. The maximum Gasteiger partial charge on any atom is 0.335 e. The summed E-state index contributed by atoms with van der Waals surface area (Å²) in [6.07, 6.45) is 1.26. The molecule has 0 fully saturated rings. The molecule has 0 saturated heterocycles. The van der Waals surface area contributed by atoms with Gasteiger partial charge in [0.25, 0.3) is 0 Å². The summed E-state index contributed by atoms with van der Waals surface area (Å²) >= 11 is 0. The Kier molecular flexibility index (Phi) is 4.24. The number of rotatable bonds is 5. The van der Waals surface area contributed by atoms with Gasteiger partial charge in [-0.15, -0.1) is 0 Å². The predicted octanol–water partition coefficient (Wildman–Crippen LogP) is 2.08. The summed E-state index contributed by atoms with van der Waals surface area (Å²) in [4.78, 5) is 35.0. The van der Waals surface area contributed by atoms with Crippen molar-refractivity contribution < 1.29 is 24.6 Å². The smallest absolute Gasteiger partial charge is 0.335 e. The van der Waals surface area contributed by atoms with E-state index in [1.807, 2.05) is 0 Å². The van der Waals surface area contributed by atoms with Gasteiger partial charge >= 0.3 is 11.9 Å². The van der Waals surface area contributed by atoms with Gasteiger partial charge in [-0.1, -0.05) is 30.3 Å². The molecule has 26 heavy (non-hydrogen) atoms. The summed E-state index contributed by atoms with van der Waals surface area (Å²) in [6.45, 7) is 0. The molecule has 0 radical (unpaired) electrons. The number of aromatic nitrogens is 2. The van der Waals surface area contributed by atoms with Crippen molar-refractivity contribution >= 4 is 23.5 Å². The minimum atomic E-state index is -1.29. The Balaban J connectivity index is 2.09.